The van der Waals surface area contributed by atoms with E-state index in [1.54, 1.807) is 24.3 Å². The molecule has 0 fully saturated rings. The number of aliphatic hydroxyl groups excluding tert-OH is 1. The highest BCUT2D eigenvalue weighted by Crippen LogP contribution is 2.20. The van der Waals surface area contributed by atoms with E-state index < -0.39 is 6.10 Å². The third-order valence-corrected chi connectivity index (χ3v) is 5.03. The molecule has 22 heavy (non-hydrogen) atoms. The van der Waals surface area contributed by atoms with Crippen molar-refractivity contribution in [1.29, 1.82) is 0 Å². The number of imidazole rings is 2. The summed E-state index contributed by atoms with van der Waals surface area (Å²) in [4.78, 5) is 8.68. The molecular formula is C16H20N4OS. The van der Waals surface area contributed by atoms with E-state index in [0.717, 1.165) is 16.2 Å². The summed E-state index contributed by atoms with van der Waals surface area (Å²) < 4.78 is 3.97. The normalized spacial score (nSPS) is 12.9. The molecule has 1 N–H and O–H groups in total. The van der Waals surface area contributed by atoms with Crippen molar-refractivity contribution in [3.63, 3.8) is 0 Å². The molecule has 3 rings (SSSR count). The third-order valence-electron chi connectivity index (χ3n) is 3.83. The number of hydrogen-bond donors (Lipinski definition) is 1. The van der Waals surface area contributed by atoms with Gasteiger partial charge >= 0.3 is 0 Å². The van der Waals surface area contributed by atoms with Crippen molar-refractivity contribution >= 4 is 22.8 Å². The van der Waals surface area contributed by atoms with Crippen LogP contribution in [0.5, 0.6) is 0 Å². The van der Waals surface area contributed by atoms with E-state index in [-0.39, 0.29) is 0 Å². The van der Waals surface area contributed by atoms with Crippen molar-refractivity contribution in [3.8, 4) is 0 Å². The highest BCUT2D eigenvalue weighted by molar-refractivity contribution is 7.99. The maximum absolute atomic E-state index is 10.3. The summed E-state index contributed by atoms with van der Waals surface area (Å²) >= 11 is 1.56. The lowest BCUT2D eigenvalue weighted by atomic mass is 10.1. The quantitative estimate of drug-likeness (QED) is 0.735. The molecule has 1 atom stereocenters. The van der Waals surface area contributed by atoms with Crippen LogP contribution in [0, 0.1) is 13.8 Å². The van der Waals surface area contributed by atoms with Crippen LogP contribution in [0.15, 0.2) is 36.0 Å². The molecule has 6 heteroatoms. The topological polar surface area (TPSA) is 55.9 Å². The molecule has 0 aliphatic carbocycles. The van der Waals surface area contributed by atoms with Crippen LogP contribution in [0.2, 0.25) is 0 Å². The van der Waals surface area contributed by atoms with E-state index in [1.165, 1.54) is 11.1 Å². The lowest BCUT2D eigenvalue weighted by Crippen LogP contribution is -2.18. The number of aryl methyl sites for hydroxylation is 3. The Balaban J connectivity index is 1.70. The van der Waals surface area contributed by atoms with Gasteiger partial charge in [-0.3, -0.25) is 0 Å². The number of hydrogen-bond acceptors (Lipinski definition) is 4. The largest absolute Gasteiger partial charge is 0.390 e. The van der Waals surface area contributed by atoms with E-state index in [0.29, 0.717) is 12.3 Å². The average Bonchev–Trinajstić information content (AvgIpc) is 3.05. The summed E-state index contributed by atoms with van der Waals surface area (Å²) in [6.45, 7) is 4.72. The lowest BCUT2D eigenvalue weighted by Gasteiger charge is -2.12. The zero-order chi connectivity index (χ0) is 15.7. The van der Waals surface area contributed by atoms with Crippen molar-refractivity contribution < 1.29 is 5.11 Å². The van der Waals surface area contributed by atoms with Crippen LogP contribution in [0.25, 0.3) is 11.0 Å². The van der Waals surface area contributed by atoms with Crippen LogP contribution in [0.4, 0.5) is 0 Å². The molecule has 0 spiro atoms. The molecule has 0 radical (unpaired) electrons. The first kappa shape index (κ1) is 15.1. The number of benzene rings is 1. The van der Waals surface area contributed by atoms with Gasteiger partial charge in [0.15, 0.2) is 5.16 Å². The number of rotatable bonds is 5. The minimum Gasteiger partial charge on any atom is -0.390 e. The van der Waals surface area contributed by atoms with Crippen molar-refractivity contribution in [1.82, 2.24) is 19.1 Å². The number of aromatic nitrogens is 4. The van der Waals surface area contributed by atoms with E-state index in [4.69, 9.17) is 0 Å². The molecular weight excluding hydrogens is 296 g/mol. The summed E-state index contributed by atoms with van der Waals surface area (Å²) in [6, 6.07) is 4.23. The lowest BCUT2D eigenvalue weighted by molar-refractivity contribution is 0.179. The zero-order valence-corrected chi connectivity index (χ0v) is 13.8. The van der Waals surface area contributed by atoms with Gasteiger partial charge < -0.3 is 14.2 Å². The summed E-state index contributed by atoms with van der Waals surface area (Å²) in [7, 11) is 1.95. The molecule has 116 valence electrons. The van der Waals surface area contributed by atoms with Gasteiger partial charge in [0.1, 0.15) is 0 Å². The number of aliphatic hydroxyl groups is 1. The zero-order valence-electron chi connectivity index (χ0n) is 13.0. The second-order valence-corrected chi connectivity index (χ2v) is 6.59. The van der Waals surface area contributed by atoms with Gasteiger partial charge in [0.2, 0.25) is 0 Å². The van der Waals surface area contributed by atoms with Gasteiger partial charge in [-0.2, -0.15) is 0 Å². The van der Waals surface area contributed by atoms with Crippen LogP contribution in [0.3, 0.4) is 0 Å². The number of nitrogens with zero attached hydrogens (tertiary/aromatic N) is 4. The van der Waals surface area contributed by atoms with E-state index in [9.17, 15) is 5.11 Å². The first-order valence-electron chi connectivity index (χ1n) is 7.25. The third kappa shape index (κ3) is 3.03. The van der Waals surface area contributed by atoms with Gasteiger partial charge in [-0.05, 0) is 37.1 Å². The monoisotopic (exact) mass is 316 g/mol. The fourth-order valence-corrected chi connectivity index (χ4v) is 3.25. The van der Waals surface area contributed by atoms with Gasteiger partial charge in [-0.1, -0.05) is 11.8 Å². The Morgan fingerprint density at radius 1 is 1.23 bits per heavy atom. The van der Waals surface area contributed by atoms with Crippen molar-refractivity contribution in [3.05, 3.63) is 42.0 Å². The Labute approximate surface area is 134 Å². The Morgan fingerprint density at radius 3 is 2.73 bits per heavy atom. The first-order valence-corrected chi connectivity index (χ1v) is 8.23. The van der Waals surface area contributed by atoms with Crippen LogP contribution in [-0.4, -0.2) is 36.1 Å². The van der Waals surface area contributed by atoms with Crippen LogP contribution >= 0.6 is 11.8 Å². The Bertz CT molecular complexity index is 793. The van der Waals surface area contributed by atoms with Gasteiger partial charge in [-0.25, -0.2) is 9.97 Å². The maximum Gasteiger partial charge on any atom is 0.167 e. The predicted octanol–water partition coefficient (Wildman–Crippen LogP) is 2.54. The van der Waals surface area contributed by atoms with Crippen molar-refractivity contribution in [2.24, 2.45) is 7.05 Å². The van der Waals surface area contributed by atoms with Crippen LogP contribution < -0.4 is 0 Å². The Kier molecular flexibility index (Phi) is 4.22. The minimum atomic E-state index is -0.444. The van der Waals surface area contributed by atoms with E-state index in [2.05, 4.69) is 35.9 Å². The standard InChI is InChI=1S/C16H20N4OS/c1-11-6-14-15(7-12(11)2)20(10-18-14)8-13(21)9-22-16-17-4-5-19(16)3/h4-7,10,13,21H,8-9H2,1-3H3. The molecule has 1 aromatic carbocycles. The second-order valence-electron chi connectivity index (χ2n) is 5.61. The van der Waals surface area contributed by atoms with Crippen molar-refractivity contribution in [2.75, 3.05) is 5.75 Å². The Morgan fingerprint density at radius 2 is 2.00 bits per heavy atom. The number of thioether (sulfide) groups is 1. The van der Waals surface area contributed by atoms with Gasteiger partial charge in [0.25, 0.3) is 0 Å². The molecule has 0 aliphatic rings. The van der Waals surface area contributed by atoms with Crippen LogP contribution in [0.1, 0.15) is 11.1 Å². The molecule has 2 heterocycles. The summed E-state index contributed by atoms with van der Waals surface area (Å²) in [6.07, 6.45) is 5.03. The molecule has 0 bridgehead atoms. The minimum absolute atomic E-state index is 0.444. The number of fused-ring (bicyclic) bond motifs is 1. The fourth-order valence-electron chi connectivity index (χ4n) is 2.40. The molecule has 0 amide bonds. The first-order chi connectivity index (χ1) is 10.5. The SMILES string of the molecule is Cc1cc2ncn(CC(O)CSc3nccn3C)c2cc1C. The Hall–Kier alpha value is -1.79. The van der Waals surface area contributed by atoms with Crippen LogP contribution in [-0.2, 0) is 13.6 Å². The molecule has 3 aromatic rings. The van der Waals surface area contributed by atoms with Gasteiger partial charge in [-0.15, -0.1) is 0 Å². The average molecular weight is 316 g/mol. The molecule has 5 nitrogen and oxygen atoms in total. The highest BCUT2D eigenvalue weighted by Gasteiger charge is 2.11. The molecule has 2 aromatic heterocycles. The van der Waals surface area contributed by atoms with Gasteiger partial charge in [0.05, 0.1) is 30.0 Å². The summed E-state index contributed by atoms with van der Waals surface area (Å²) in [5, 5.41) is 11.2. The maximum atomic E-state index is 10.3. The summed E-state index contributed by atoms with van der Waals surface area (Å²) in [5.41, 5.74) is 4.53. The molecule has 0 saturated heterocycles. The fraction of sp³-hybridized carbons (Fsp3) is 0.375. The second kappa shape index (κ2) is 6.14. The predicted molar refractivity (Wildman–Crippen MR) is 89.1 cm³/mol. The molecule has 0 saturated carbocycles. The van der Waals surface area contributed by atoms with Gasteiger partial charge in [0, 0.05) is 25.2 Å². The van der Waals surface area contributed by atoms with E-state index >= 15 is 0 Å². The van der Waals surface area contributed by atoms with E-state index in [1.807, 2.05) is 22.4 Å². The smallest absolute Gasteiger partial charge is 0.167 e. The molecule has 1 unspecified atom stereocenters. The summed E-state index contributed by atoms with van der Waals surface area (Å²) in [5.74, 6) is 0.607. The highest BCUT2D eigenvalue weighted by atomic mass is 32.2. The van der Waals surface area contributed by atoms with Crippen molar-refractivity contribution in [2.45, 2.75) is 31.7 Å². The molecule has 0 aliphatic heterocycles.